The minimum absolute atomic E-state index is 0.488. The first-order valence-corrected chi connectivity index (χ1v) is 9.22. The highest BCUT2D eigenvalue weighted by molar-refractivity contribution is 6.39. The second kappa shape index (κ2) is 8.58. The summed E-state index contributed by atoms with van der Waals surface area (Å²) in [7, 11) is 0. The summed E-state index contributed by atoms with van der Waals surface area (Å²) in [5.41, 5.74) is 2.87. The van der Waals surface area contributed by atoms with E-state index >= 15 is 0 Å². The lowest BCUT2D eigenvalue weighted by Gasteiger charge is -2.35. The van der Waals surface area contributed by atoms with Crippen LogP contribution >= 0.6 is 0 Å². The summed E-state index contributed by atoms with van der Waals surface area (Å²) in [6.07, 6.45) is 0. The van der Waals surface area contributed by atoms with Crippen molar-refractivity contribution in [2.45, 2.75) is 13.8 Å². The summed E-state index contributed by atoms with van der Waals surface area (Å²) in [6, 6.07) is 15.4. The zero-order valence-electron chi connectivity index (χ0n) is 15.8. The average molecular weight is 367 g/mol. The number of para-hydroxylation sites is 2. The molecule has 1 aliphatic heterocycles. The molecule has 0 atom stereocenters. The van der Waals surface area contributed by atoms with E-state index in [1.54, 1.807) is 23.1 Å². The Morgan fingerprint density at radius 2 is 1.78 bits per heavy atom. The standard InChI is InChI=1S/C21H25N3O3/c1-3-27-19-10-5-4-9-18(19)22-20(25)21(26)24-13-11-23(12-14-24)17-8-6-7-16(2)15-17/h4-10,15H,3,11-14H2,1-2H3,(H,22,25). The van der Waals surface area contributed by atoms with Gasteiger partial charge in [-0.3, -0.25) is 9.59 Å². The highest BCUT2D eigenvalue weighted by atomic mass is 16.5. The van der Waals surface area contributed by atoms with Crippen LogP contribution in [-0.2, 0) is 9.59 Å². The molecule has 1 heterocycles. The highest BCUT2D eigenvalue weighted by Crippen LogP contribution is 2.24. The van der Waals surface area contributed by atoms with Crippen molar-refractivity contribution in [1.29, 1.82) is 0 Å². The number of hydrogen-bond acceptors (Lipinski definition) is 4. The average Bonchev–Trinajstić information content (AvgIpc) is 2.69. The second-order valence-corrected chi connectivity index (χ2v) is 6.50. The van der Waals surface area contributed by atoms with Crippen LogP contribution < -0.4 is 15.0 Å². The molecule has 0 unspecified atom stereocenters. The third kappa shape index (κ3) is 4.58. The monoisotopic (exact) mass is 367 g/mol. The Morgan fingerprint density at radius 1 is 1.04 bits per heavy atom. The van der Waals surface area contributed by atoms with Crippen molar-refractivity contribution < 1.29 is 14.3 Å². The molecular weight excluding hydrogens is 342 g/mol. The van der Waals surface area contributed by atoms with Gasteiger partial charge in [0.25, 0.3) is 0 Å². The summed E-state index contributed by atoms with van der Waals surface area (Å²) < 4.78 is 5.49. The van der Waals surface area contributed by atoms with E-state index in [-0.39, 0.29) is 0 Å². The van der Waals surface area contributed by atoms with Gasteiger partial charge in [-0.15, -0.1) is 0 Å². The number of carbonyl (C=O) groups excluding carboxylic acids is 2. The van der Waals surface area contributed by atoms with Crippen LogP contribution in [0.1, 0.15) is 12.5 Å². The lowest BCUT2D eigenvalue weighted by atomic mass is 10.2. The molecule has 142 valence electrons. The van der Waals surface area contributed by atoms with Crippen LogP contribution in [0.15, 0.2) is 48.5 Å². The van der Waals surface area contributed by atoms with E-state index in [0.717, 1.165) is 5.69 Å². The predicted molar refractivity (Wildman–Crippen MR) is 106 cm³/mol. The van der Waals surface area contributed by atoms with Crippen LogP contribution in [-0.4, -0.2) is 49.5 Å². The van der Waals surface area contributed by atoms with E-state index in [1.165, 1.54) is 5.56 Å². The molecule has 1 fully saturated rings. The number of amides is 2. The number of piperazine rings is 1. The fourth-order valence-electron chi connectivity index (χ4n) is 3.16. The van der Waals surface area contributed by atoms with Crippen molar-refractivity contribution in [1.82, 2.24) is 4.90 Å². The van der Waals surface area contributed by atoms with Crippen molar-refractivity contribution in [3.8, 4) is 5.75 Å². The molecule has 6 nitrogen and oxygen atoms in total. The van der Waals surface area contributed by atoms with E-state index in [9.17, 15) is 9.59 Å². The van der Waals surface area contributed by atoms with Gasteiger partial charge < -0.3 is 19.9 Å². The minimum Gasteiger partial charge on any atom is -0.492 e. The molecule has 27 heavy (non-hydrogen) atoms. The maximum Gasteiger partial charge on any atom is 0.314 e. The molecule has 0 bridgehead atoms. The molecule has 0 aromatic heterocycles. The van der Waals surface area contributed by atoms with Gasteiger partial charge in [-0.2, -0.15) is 0 Å². The Morgan fingerprint density at radius 3 is 2.48 bits per heavy atom. The Kier molecular flexibility index (Phi) is 5.96. The van der Waals surface area contributed by atoms with Crippen molar-refractivity contribution in [3.05, 3.63) is 54.1 Å². The molecule has 0 radical (unpaired) electrons. The fourth-order valence-corrected chi connectivity index (χ4v) is 3.16. The summed E-state index contributed by atoms with van der Waals surface area (Å²) in [5, 5.41) is 2.67. The Bertz CT molecular complexity index is 814. The van der Waals surface area contributed by atoms with E-state index in [1.807, 2.05) is 19.1 Å². The number of benzene rings is 2. The quantitative estimate of drug-likeness (QED) is 0.844. The van der Waals surface area contributed by atoms with Gasteiger partial charge in [0.1, 0.15) is 5.75 Å². The maximum atomic E-state index is 12.5. The van der Waals surface area contributed by atoms with E-state index < -0.39 is 11.8 Å². The molecule has 1 N–H and O–H groups in total. The molecule has 2 amide bonds. The first kappa shape index (κ1) is 18.8. The SMILES string of the molecule is CCOc1ccccc1NC(=O)C(=O)N1CCN(c2cccc(C)c2)CC1. The van der Waals surface area contributed by atoms with Gasteiger partial charge in [-0.25, -0.2) is 0 Å². The number of anilines is 2. The minimum atomic E-state index is -0.633. The van der Waals surface area contributed by atoms with Crippen LogP contribution in [0.5, 0.6) is 5.75 Å². The van der Waals surface area contributed by atoms with Gasteiger partial charge in [-0.05, 0) is 43.7 Å². The number of nitrogens with one attached hydrogen (secondary N) is 1. The van der Waals surface area contributed by atoms with Gasteiger partial charge in [-0.1, -0.05) is 24.3 Å². The zero-order chi connectivity index (χ0) is 19.2. The zero-order valence-corrected chi connectivity index (χ0v) is 15.8. The smallest absolute Gasteiger partial charge is 0.314 e. The van der Waals surface area contributed by atoms with Crippen molar-refractivity contribution in [2.75, 3.05) is 43.0 Å². The summed E-state index contributed by atoms with van der Waals surface area (Å²) in [4.78, 5) is 28.8. The van der Waals surface area contributed by atoms with Gasteiger partial charge in [0.2, 0.25) is 0 Å². The number of rotatable bonds is 4. The van der Waals surface area contributed by atoms with Crippen LogP contribution in [0.3, 0.4) is 0 Å². The fraction of sp³-hybridized carbons (Fsp3) is 0.333. The van der Waals surface area contributed by atoms with E-state index in [0.29, 0.717) is 44.2 Å². The normalized spacial score (nSPS) is 14.0. The molecule has 0 spiro atoms. The third-order valence-electron chi connectivity index (χ3n) is 4.56. The molecule has 2 aromatic rings. The highest BCUT2D eigenvalue weighted by Gasteiger charge is 2.26. The topological polar surface area (TPSA) is 61.9 Å². The third-order valence-corrected chi connectivity index (χ3v) is 4.56. The predicted octanol–water partition coefficient (Wildman–Crippen LogP) is 2.68. The summed E-state index contributed by atoms with van der Waals surface area (Å²) >= 11 is 0. The van der Waals surface area contributed by atoms with Gasteiger partial charge in [0.15, 0.2) is 0 Å². The summed E-state index contributed by atoms with van der Waals surface area (Å²) in [5.74, 6) is -0.582. The summed E-state index contributed by atoms with van der Waals surface area (Å²) in [6.45, 7) is 6.88. The Labute approximate surface area is 159 Å². The molecule has 2 aromatic carbocycles. The molecule has 0 saturated carbocycles. The lowest BCUT2D eigenvalue weighted by molar-refractivity contribution is -0.143. The van der Waals surface area contributed by atoms with Crippen molar-refractivity contribution >= 4 is 23.2 Å². The van der Waals surface area contributed by atoms with E-state index in [2.05, 4.69) is 35.3 Å². The maximum absolute atomic E-state index is 12.5. The van der Waals surface area contributed by atoms with Gasteiger partial charge >= 0.3 is 11.8 Å². The molecular formula is C21H25N3O3. The second-order valence-electron chi connectivity index (χ2n) is 6.50. The number of hydrogen-bond donors (Lipinski definition) is 1. The Hall–Kier alpha value is -3.02. The first-order valence-electron chi connectivity index (χ1n) is 9.22. The molecule has 3 rings (SSSR count). The number of ether oxygens (including phenoxy) is 1. The number of aryl methyl sites for hydroxylation is 1. The molecule has 6 heteroatoms. The van der Waals surface area contributed by atoms with Crippen molar-refractivity contribution in [3.63, 3.8) is 0 Å². The van der Waals surface area contributed by atoms with Crippen LogP contribution in [0.25, 0.3) is 0 Å². The molecule has 0 aliphatic carbocycles. The van der Waals surface area contributed by atoms with E-state index in [4.69, 9.17) is 4.74 Å². The molecule has 1 saturated heterocycles. The first-order chi connectivity index (χ1) is 13.1. The van der Waals surface area contributed by atoms with Crippen molar-refractivity contribution in [2.24, 2.45) is 0 Å². The van der Waals surface area contributed by atoms with Gasteiger partial charge in [0, 0.05) is 31.9 Å². The lowest BCUT2D eigenvalue weighted by Crippen LogP contribution is -2.51. The Balaban J connectivity index is 1.58. The van der Waals surface area contributed by atoms with Gasteiger partial charge in [0.05, 0.1) is 12.3 Å². The van der Waals surface area contributed by atoms with Crippen LogP contribution in [0.4, 0.5) is 11.4 Å². The van der Waals surface area contributed by atoms with Crippen LogP contribution in [0.2, 0.25) is 0 Å². The number of nitrogens with zero attached hydrogens (tertiary/aromatic N) is 2. The number of carbonyl (C=O) groups is 2. The molecule has 1 aliphatic rings. The largest absolute Gasteiger partial charge is 0.492 e. The van der Waals surface area contributed by atoms with Crippen LogP contribution in [0, 0.1) is 6.92 Å².